The highest BCUT2D eigenvalue weighted by molar-refractivity contribution is 8.00. The molecule has 0 radical (unpaired) electrons. The summed E-state index contributed by atoms with van der Waals surface area (Å²) >= 11 is 1.48. The number of thioether (sulfide) groups is 1. The van der Waals surface area contributed by atoms with Crippen LogP contribution in [0.1, 0.15) is 29.6 Å². The third kappa shape index (κ3) is 4.86. The van der Waals surface area contributed by atoms with Crippen LogP contribution in [0.15, 0.2) is 59.5 Å². The maximum Gasteiger partial charge on any atom is 0.255 e. The number of carbonyl (C=O) groups excluding carboxylic acids is 2. The van der Waals surface area contributed by atoms with Crippen molar-refractivity contribution in [3.05, 3.63) is 60.2 Å². The van der Waals surface area contributed by atoms with Crippen molar-refractivity contribution in [2.45, 2.75) is 24.2 Å². The molecule has 2 amide bonds. The second-order valence-electron chi connectivity index (χ2n) is 6.05. The van der Waals surface area contributed by atoms with E-state index < -0.39 is 0 Å². The molecule has 0 spiro atoms. The van der Waals surface area contributed by atoms with Crippen molar-refractivity contribution in [1.82, 2.24) is 4.90 Å². The lowest BCUT2D eigenvalue weighted by Crippen LogP contribution is -2.36. The van der Waals surface area contributed by atoms with Crippen LogP contribution in [-0.2, 0) is 4.79 Å². The predicted molar refractivity (Wildman–Crippen MR) is 102 cm³/mol. The molecule has 1 aliphatic heterocycles. The van der Waals surface area contributed by atoms with Crippen LogP contribution >= 0.6 is 11.8 Å². The molecule has 4 nitrogen and oxygen atoms in total. The standard InChI is InChI=1S/C20H22N2O2S/c23-19(15-25-16-9-3-1-4-10-16)21-18-12-6-5-11-17(18)20(24)22-13-7-2-8-14-22/h1,3-6,9-12H,2,7-8,13-15H2,(H,21,23). The number of piperidine rings is 1. The van der Waals surface area contributed by atoms with Crippen LogP contribution in [0.3, 0.4) is 0 Å². The zero-order valence-corrected chi connectivity index (χ0v) is 14.9. The van der Waals surface area contributed by atoms with Crippen molar-refractivity contribution < 1.29 is 9.59 Å². The Hall–Kier alpha value is -2.27. The molecule has 0 bridgehead atoms. The fraction of sp³-hybridized carbons (Fsp3) is 0.300. The van der Waals surface area contributed by atoms with E-state index in [0.717, 1.165) is 30.8 Å². The monoisotopic (exact) mass is 354 g/mol. The maximum atomic E-state index is 12.8. The highest BCUT2D eigenvalue weighted by Crippen LogP contribution is 2.21. The quantitative estimate of drug-likeness (QED) is 0.824. The summed E-state index contributed by atoms with van der Waals surface area (Å²) in [4.78, 5) is 28.0. The summed E-state index contributed by atoms with van der Waals surface area (Å²) in [5.74, 6) is 0.218. The Balaban J connectivity index is 1.64. The van der Waals surface area contributed by atoms with Crippen molar-refractivity contribution in [2.75, 3.05) is 24.2 Å². The summed E-state index contributed by atoms with van der Waals surface area (Å²) in [6.07, 6.45) is 3.28. The Morgan fingerprint density at radius 1 is 0.920 bits per heavy atom. The van der Waals surface area contributed by atoms with Gasteiger partial charge in [-0.2, -0.15) is 0 Å². The van der Waals surface area contributed by atoms with Crippen LogP contribution in [0, 0.1) is 0 Å². The Morgan fingerprint density at radius 2 is 1.60 bits per heavy atom. The smallest absolute Gasteiger partial charge is 0.255 e. The first kappa shape index (κ1) is 17.5. The van der Waals surface area contributed by atoms with Crippen molar-refractivity contribution >= 4 is 29.3 Å². The van der Waals surface area contributed by atoms with Crippen LogP contribution in [0.5, 0.6) is 0 Å². The van der Waals surface area contributed by atoms with Gasteiger partial charge in [-0.1, -0.05) is 30.3 Å². The normalized spacial score (nSPS) is 14.2. The minimum atomic E-state index is -0.104. The molecule has 0 atom stereocenters. The van der Waals surface area contributed by atoms with Crippen molar-refractivity contribution in [3.8, 4) is 0 Å². The van der Waals surface area contributed by atoms with Gasteiger partial charge in [0.25, 0.3) is 5.91 Å². The van der Waals surface area contributed by atoms with Crippen LogP contribution < -0.4 is 5.32 Å². The van der Waals surface area contributed by atoms with Crippen molar-refractivity contribution in [3.63, 3.8) is 0 Å². The Morgan fingerprint density at radius 3 is 2.36 bits per heavy atom. The summed E-state index contributed by atoms with van der Waals surface area (Å²) in [5, 5.41) is 2.89. The first-order valence-corrected chi connectivity index (χ1v) is 9.58. The SMILES string of the molecule is O=C(CSc1ccccc1)Nc1ccccc1C(=O)N1CCCCC1. The molecule has 1 saturated heterocycles. The van der Waals surface area contributed by atoms with Gasteiger partial charge in [-0.05, 0) is 43.5 Å². The molecule has 0 aromatic heterocycles. The van der Waals surface area contributed by atoms with E-state index >= 15 is 0 Å². The van der Waals surface area contributed by atoms with Gasteiger partial charge >= 0.3 is 0 Å². The Bertz CT molecular complexity index is 727. The molecular weight excluding hydrogens is 332 g/mol. The Labute approximate surface area is 152 Å². The second kappa shape index (κ2) is 8.72. The van der Waals surface area contributed by atoms with Crippen LogP contribution in [0.2, 0.25) is 0 Å². The fourth-order valence-electron chi connectivity index (χ4n) is 2.90. The van der Waals surface area contributed by atoms with E-state index in [1.165, 1.54) is 18.2 Å². The van der Waals surface area contributed by atoms with E-state index in [9.17, 15) is 9.59 Å². The molecule has 1 fully saturated rings. The molecule has 0 unspecified atom stereocenters. The fourth-order valence-corrected chi connectivity index (χ4v) is 3.62. The first-order chi connectivity index (χ1) is 12.2. The number of anilines is 1. The van der Waals surface area contributed by atoms with E-state index in [1.807, 2.05) is 47.4 Å². The zero-order chi connectivity index (χ0) is 17.5. The van der Waals surface area contributed by atoms with Gasteiger partial charge in [0, 0.05) is 18.0 Å². The third-order valence-electron chi connectivity index (χ3n) is 4.19. The number of carbonyl (C=O) groups is 2. The van der Waals surface area contributed by atoms with Crippen molar-refractivity contribution in [1.29, 1.82) is 0 Å². The summed E-state index contributed by atoms with van der Waals surface area (Å²) in [5.41, 5.74) is 1.17. The van der Waals surface area contributed by atoms with Crippen LogP contribution in [0.25, 0.3) is 0 Å². The molecule has 1 aliphatic rings. The topological polar surface area (TPSA) is 49.4 Å². The number of likely N-dealkylation sites (tertiary alicyclic amines) is 1. The molecule has 1 N–H and O–H groups in total. The van der Waals surface area contributed by atoms with E-state index in [2.05, 4.69) is 5.32 Å². The lowest BCUT2D eigenvalue weighted by Gasteiger charge is -2.27. The zero-order valence-electron chi connectivity index (χ0n) is 14.1. The number of hydrogen-bond donors (Lipinski definition) is 1. The molecule has 0 saturated carbocycles. The molecule has 2 aromatic rings. The average Bonchev–Trinajstić information content (AvgIpc) is 2.68. The minimum Gasteiger partial charge on any atom is -0.339 e. The number of amides is 2. The van der Waals surface area contributed by atoms with Crippen LogP contribution in [-0.4, -0.2) is 35.6 Å². The lowest BCUT2D eigenvalue weighted by atomic mass is 10.1. The predicted octanol–water partition coefficient (Wildman–Crippen LogP) is 4.04. The van der Waals surface area contributed by atoms with Gasteiger partial charge in [0.1, 0.15) is 0 Å². The van der Waals surface area contributed by atoms with Crippen molar-refractivity contribution in [2.24, 2.45) is 0 Å². The summed E-state index contributed by atoms with van der Waals surface area (Å²) in [7, 11) is 0. The molecule has 2 aromatic carbocycles. The van der Waals surface area contributed by atoms with E-state index in [-0.39, 0.29) is 11.8 Å². The van der Waals surface area contributed by atoms with Gasteiger partial charge in [-0.25, -0.2) is 0 Å². The number of para-hydroxylation sites is 1. The lowest BCUT2D eigenvalue weighted by molar-refractivity contribution is -0.113. The van der Waals surface area contributed by atoms with Gasteiger partial charge in [0.15, 0.2) is 0 Å². The summed E-state index contributed by atoms with van der Waals surface area (Å²) in [6, 6.07) is 17.1. The van der Waals surface area contributed by atoms with Gasteiger partial charge < -0.3 is 10.2 Å². The minimum absolute atomic E-state index is 0.00584. The maximum absolute atomic E-state index is 12.8. The highest BCUT2D eigenvalue weighted by atomic mass is 32.2. The van der Waals surface area contributed by atoms with E-state index in [1.54, 1.807) is 12.1 Å². The number of hydrogen-bond acceptors (Lipinski definition) is 3. The molecule has 5 heteroatoms. The number of rotatable bonds is 5. The number of nitrogens with one attached hydrogen (secondary N) is 1. The summed E-state index contributed by atoms with van der Waals surface area (Å²) in [6.45, 7) is 1.59. The highest BCUT2D eigenvalue weighted by Gasteiger charge is 2.21. The van der Waals surface area contributed by atoms with Gasteiger partial charge in [0.05, 0.1) is 17.0 Å². The van der Waals surface area contributed by atoms with Gasteiger partial charge in [-0.3, -0.25) is 9.59 Å². The molecule has 130 valence electrons. The molecule has 0 aliphatic carbocycles. The average molecular weight is 354 g/mol. The molecule has 3 rings (SSSR count). The molecular formula is C20H22N2O2S. The Kier molecular flexibility index (Phi) is 6.12. The van der Waals surface area contributed by atoms with Gasteiger partial charge in [-0.15, -0.1) is 11.8 Å². The van der Waals surface area contributed by atoms with Gasteiger partial charge in [0.2, 0.25) is 5.91 Å². The van der Waals surface area contributed by atoms with E-state index in [4.69, 9.17) is 0 Å². The largest absolute Gasteiger partial charge is 0.339 e. The third-order valence-corrected chi connectivity index (χ3v) is 5.20. The molecule has 1 heterocycles. The molecule has 25 heavy (non-hydrogen) atoms. The van der Waals surface area contributed by atoms with E-state index in [0.29, 0.717) is 17.0 Å². The first-order valence-electron chi connectivity index (χ1n) is 8.60. The summed E-state index contributed by atoms with van der Waals surface area (Å²) < 4.78 is 0. The number of nitrogens with zero attached hydrogens (tertiary/aromatic N) is 1. The second-order valence-corrected chi connectivity index (χ2v) is 7.10. The number of benzene rings is 2. The van der Waals surface area contributed by atoms with Crippen LogP contribution in [0.4, 0.5) is 5.69 Å².